The van der Waals surface area contributed by atoms with Gasteiger partial charge in [0.05, 0.1) is 10.3 Å². The van der Waals surface area contributed by atoms with Crippen molar-refractivity contribution in [1.29, 1.82) is 0 Å². The number of rotatable bonds is 6. The predicted molar refractivity (Wildman–Crippen MR) is 117 cm³/mol. The van der Waals surface area contributed by atoms with Crippen LogP contribution in [0.15, 0.2) is 57.9 Å². The summed E-state index contributed by atoms with van der Waals surface area (Å²) in [6.07, 6.45) is 2.92. The summed E-state index contributed by atoms with van der Waals surface area (Å²) in [5, 5.41) is 2.43. The first kappa shape index (κ1) is 20.8. The summed E-state index contributed by atoms with van der Waals surface area (Å²) in [5.74, 6) is -1.03. The Kier molecular flexibility index (Phi) is 5.79. The minimum atomic E-state index is -0.523. The van der Waals surface area contributed by atoms with Crippen LogP contribution < -0.4 is 5.32 Å². The maximum absolute atomic E-state index is 13.8. The second kappa shape index (κ2) is 8.35. The number of carbonyl (C=O) groups is 3. The van der Waals surface area contributed by atoms with E-state index in [2.05, 4.69) is 21.2 Å². The average molecular weight is 489 g/mol. The fourth-order valence-corrected chi connectivity index (χ4v) is 4.54. The molecule has 154 valence electrons. The van der Waals surface area contributed by atoms with Crippen LogP contribution in [-0.4, -0.2) is 35.0 Å². The SMILES string of the molecule is O=C1S/C(=C\c2ccccc2F)C(=O)N1CCNC(=O)C1(c2ccc(Br)cc2)CC1. The number of nitrogens with one attached hydrogen (secondary N) is 1. The fraction of sp³-hybridized carbons (Fsp3) is 0.227. The summed E-state index contributed by atoms with van der Waals surface area (Å²) in [6, 6.07) is 13.7. The first-order valence-corrected chi connectivity index (χ1v) is 11.1. The summed E-state index contributed by atoms with van der Waals surface area (Å²) in [5.41, 5.74) is 0.688. The van der Waals surface area contributed by atoms with Gasteiger partial charge in [-0.25, -0.2) is 4.39 Å². The Morgan fingerprint density at radius 3 is 2.53 bits per heavy atom. The number of amides is 3. The van der Waals surface area contributed by atoms with Crippen molar-refractivity contribution in [3.8, 4) is 0 Å². The molecule has 1 heterocycles. The van der Waals surface area contributed by atoms with Crippen LogP contribution in [0.25, 0.3) is 6.08 Å². The number of nitrogens with zero attached hydrogens (tertiary/aromatic N) is 1. The molecule has 0 bridgehead atoms. The first-order valence-electron chi connectivity index (χ1n) is 9.45. The monoisotopic (exact) mass is 488 g/mol. The molecule has 1 saturated heterocycles. The summed E-state index contributed by atoms with van der Waals surface area (Å²) in [7, 11) is 0. The van der Waals surface area contributed by atoms with Gasteiger partial charge in [-0.05, 0) is 54.4 Å². The van der Waals surface area contributed by atoms with Gasteiger partial charge in [0.15, 0.2) is 0 Å². The lowest BCUT2D eigenvalue weighted by molar-refractivity contribution is -0.125. The van der Waals surface area contributed by atoms with Crippen molar-refractivity contribution >= 4 is 50.8 Å². The van der Waals surface area contributed by atoms with Crippen molar-refractivity contribution in [1.82, 2.24) is 10.2 Å². The number of thioether (sulfide) groups is 1. The van der Waals surface area contributed by atoms with Crippen LogP contribution in [0.4, 0.5) is 9.18 Å². The van der Waals surface area contributed by atoms with Gasteiger partial charge in [0, 0.05) is 23.1 Å². The first-order chi connectivity index (χ1) is 14.4. The minimum absolute atomic E-state index is 0.0709. The average Bonchev–Trinajstić information content (AvgIpc) is 3.49. The zero-order valence-corrected chi connectivity index (χ0v) is 18.3. The molecule has 2 aliphatic rings. The van der Waals surface area contributed by atoms with E-state index in [4.69, 9.17) is 0 Å². The van der Waals surface area contributed by atoms with E-state index >= 15 is 0 Å². The van der Waals surface area contributed by atoms with Gasteiger partial charge in [-0.3, -0.25) is 19.3 Å². The van der Waals surface area contributed by atoms with Crippen molar-refractivity contribution < 1.29 is 18.8 Å². The lowest BCUT2D eigenvalue weighted by Gasteiger charge is -2.18. The fourth-order valence-electron chi connectivity index (χ4n) is 3.42. The molecule has 2 fully saturated rings. The molecule has 2 aromatic carbocycles. The van der Waals surface area contributed by atoms with E-state index < -0.39 is 22.4 Å². The number of imide groups is 1. The zero-order chi connectivity index (χ0) is 21.3. The minimum Gasteiger partial charge on any atom is -0.354 e. The van der Waals surface area contributed by atoms with E-state index in [0.717, 1.165) is 39.5 Å². The molecule has 0 radical (unpaired) electrons. The summed E-state index contributed by atoms with van der Waals surface area (Å²) < 4.78 is 14.8. The Bertz CT molecular complexity index is 1050. The van der Waals surface area contributed by atoms with Crippen LogP contribution >= 0.6 is 27.7 Å². The third kappa shape index (κ3) is 4.06. The molecular weight excluding hydrogens is 471 g/mol. The van der Waals surface area contributed by atoms with Gasteiger partial charge in [0.2, 0.25) is 5.91 Å². The van der Waals surface area contributed by atoms with Crippen molar-refractivity contribution in [2.75, 3.05) is 13.1 Å². The summed E-state index contributed by atoms with van der Waals surface area (Å²) in [6.45, 7) is 0.240. The van der Waals surface area contributed by atoms with E-state index in [1.165, 1.54) is 12.1 Å². The Morgan fingerprint density at radius 1 is 1.17 bits per heavy atom. The zero-order valence-electron chi connectivity index (χ0n) is 15.9. The second-order valence-electron chi connectivity index (χ2n) is 7.20. The molecule has 1 saturated carbocycles. The molecule has 30 heavy (non-hydrogen) atoms. The molecule has 0 atom stereocenters. The van der Waals surface area contributed by atoms with E-state index in [0.29, 0.717) is 0 Å². The van der Waals surface area contributed by atoms with Crippen LogP contribution in [0.2, 0.25) is 0 Å². The Balaban J connectivity index is 1.37. The molecule has 5 nitrogen and oxygen atoms in total. The van der Waals surface area contributed by atoms with Crippen molar-refractivity contribution in [2.45, 2.75) is 18.3 Å². The molecule has 1 N–H and O–H groups in total. The van der Waals surface area contributed by atoms with Gasteiger partial charge in [-0.1, -0.05) is 46.3 Å². The van der Waals surface area contributed by atoms with Crippen LogP contribution in [0, 0.1) is 5.82 Å². The number of halogens is 2. The third-order valence-corrected chi connectivity index (χ3v) is 6.70. The molecule has 8 heteroatoms. The highest BCUT2D eigenvalue weighted by atomic mass is 79.9. The molecule has 1 aliphatic carbocycles. The van der Waals surface area contributed by atoms with E-state index in [1.54, 1.807) is 18.2 Å². The second-order valence-corrected chi connectivity index (χ2v) is 9.11. The standard InChI is InChI=1S/C22H18BrFN2O3S/c23-16-7-5-15(6-8-16)22(9-10-22)20(28)25-11-12-26-19(27)18(30-21(26)29)13-14-3-1-2-4-17(14)24/h1-8,13H,9-12H2,(H,25,28)/b18-13-. The van der Waals surface area contributed by atoms with Crippen LogP contribution in [-0.2, 0) is 15.0 Å². The molecule has 1 aliphatic heterocycles. The van der Waals surface area contributed by atoms with Crippen LogP contribution in [0.3, 0.4) is 0 Å². The van der Waals surface area contributed by atoms with E-state index in [1.807, 2.05) is 24.3 Å². The molecule has 0 unspecified atom stereocenters. The van der Waals surface area contributed by atoms with Gasteiger partial charge in [0.25, 0.3) is 11.1 Å². The number of carbonyl (C=O) groups excluding carboxylic acids is 3. The normalized spacial score (nSPS) is 18.7. The maximum Gasteiger partial charge on any atom is 0.293 e. The van der Waals surface area contributed by atoms with Gasteiger partial charge in [-0.2, -0.15) is 0 Å². The lowest BCUT2D eigenvalue weighted by atomic mass is 9.95. The topological polar surface area (TPSA) is 66.5 Å². The van der Waals surface area contributed by atoms with Gasteiger partial charge >= 0.3 is 0 Å². The summed E-state index contributed by atoms with van der Waals surface area (Å²) >= 11 is 4.17. The highest BCUT2D eigenvalue weighted by Gasteiger charge is 2.51. The van der Waals surface area contributed by atoms with Crippen LogP contribution in [0.5, 0.6) is 0 Å². The molecule has 3 amide bonds. The molecule has 0 spiro atoms. The van der Waals surface area contributed by atoms with Gasteiger partial charge in [-0.15, -0.1) is 0 Å². The predicted octanol–water partition coefficient (Wildman–Crippen LogP) is 4.47. The molecule has 2 aromatic rings. The molecular formula is C22H18BrFN2O3S. The van der Waals surface area contributed by atoms with Crippen molar-refractivity contribution in [3.63, 3.8) is 0 Å². The Labute approximate surface area is 185 Å². The van der Waals surface area contributed by atoms with E-state index in [-0.39, 0.29) is 29.5 Å². The quantitative estimate of drug-likeness (QED) is 0.609. The summed E-state index contributed by atoms with van der Waals surface area (Å²) in [4.78, 5) is 38.7. The number of hydrogen-bond donors (Lipinski definition) is 1. The Hall–Kier alpha value is -2.45. The highest BCUT2D eigenvalue weighted by molar-refractivity contribution is 9.10. The smallest absolute Gasteiger partial charge is 0.293 e. The van der Waals surface area contributed by atoms with Crippen molar-refractivity contribution in [2.24, 2.45) is 0 Å². The lowest BCUT2D eigenvalue weighted by Crippen LogP contribution is -2.41. The maximum atomic E-state index is 13.8. The molecule has 4 rings (SSSR count). The Morgan fingerprint density at radius 2 is 1.87 bits per heavy atom. The van der Waals surface area contributed by atoms with Gasteiger partial charge < -0.3 is 5.32 Å². The number of hydrogen-bond acceptors (Lipinski definition) is 4. The highest BCUT2D eigenvalue weighted by Crippen LogP contribution is 2.48. The molecule has 0 aromatic heterocycles. The van der Waals surface area contributed by atoms with Crippen LogP contribution in [0.1, 0.15) is 24.0 Å². The third-order valence-electron chi connectivity index (χ3n) is 5.27. The largest absolute Gasteiger partial charge is 0.354 e. The number of benzene rings is 2. The van der Waals surface area contributed by atoms with Gasteiger partial charge in [0.1, 0.15) is 5.82 Å². The van der Waals surface area contributed by atoms with E-state index in [9.17, 15) is 18.8 Å². The van der Waals surface area contributed by atoms with Crippen molar-refractivity contribution in [3.05, 3.63) is 74.9 Å².